The molecule has 0 bridgehead atoms. The second-order valence-corrected chi connectivity index (χ2v) is 15.3. The van der Waals surface area contributed by atoms with Gasteiger partial charge in [-0.15, -0.1) is 0 Å². The molecule has 1 N–H and O–H groups in total. The average Bonchev–Trinajstić information content (AvgIpc) is 3.50. The highest BCUT2D eigenvalue weighted by Crippen LogP contribution is 2.54. The van der Waals surface area contributed by atoms with Crippen molar-refractivity contribution in [3.8, 4) is 0 Å². The second kappa shape index (κ2) is 12.0. The Kier molecular flexibility index (Phi) is 8.06. The maximum atomic E-state index is 14.2. The van der Waals surface area contributed by atoms with Crippen LogP contribution in [-0.4, -0.2) is 27.5 Å². The molecule has 2 aliphatic rings. The average molecular weight is 702 g/mol. The molecule has 3 atom stereocenters. The van der Waals surface area contributed by atoms with Crippen LogP contribution in [0.5, 0.6) is 0 Å². The first kappa shape index (κ1) is 32.8. The maximum absolute atomic E-state index is 14.2. The van der Waals surface area contributed by atoms with Gasteiger partial charge in [-0.25, -0.2) is 4.90 Å². The quantitative estimate of drug-likeness (QED) is 0.189. The smallest absolute Gasteiger partial charge is 0.325 e. The lowest BCUT2D eigenvalue weighted by Crippen LogP contribution is -2.33. The van der Waals surface area contributed by atoms with Crippen LogP contribution in [0.15, 0.2) is 101 Å². The molecular weight excluding hydrogens is 672 g/mol. The fraction of sp³-hybridized carbons (Fsp3) is 0.243. The molecule has 12 heteroatoms. The number of carbonyl (C=O) groups is 3. The minimum Gasteiger partial charge on any atom is -0.325 e. The van der Waals surface area contributed by atoms with E-state index in [4.69, 9.17) is 0 Å². The molecule has 1 fully saturated rings. The molecule has 0 unspecified atom stereocenters. The standard InChI is InChI=1S/C37H30F3N3O4S2/c1-36(2,3)23-14-11-21(12-15-23)28-29-30(33(46)43(32(29)45)26-10-6-9-24(18-26)37(38,39)40)48-34-31(28)49-35(47)42(34)19-27(44)41-25-16-13-20-7-4-5-8-22(20)17-25/h4-18,28-30H,19H2,1-3H3,(H,41,44)/t28-,29-,30+/m0/s1. The number of benzene rings is 4. The molecule has 5 aromatic rings. The van der Waals surface area contributed by atoms with Crippen molar-refractivity contribution in [2.24, 2.45) is 5.92 Å². The van der Waals surface area contributed by atoms with Gasteiger partial charge in [0.1, 0.15) is 11.8 Å². The van der Waals surface area contributed by atoms with Gasteiger partial charge in [0, 0.05) is 16.5 Å². The number of alkyl halides is 3. The van der Waals surface area contributed by atoms with Crippen LogP contribution in [0.1, 0.15) is 48.3 Å². The lowest BCUT2D eigenvalue weighted by molar-refractivity contribution is -0.137. The van der Waals surface area contributed by atoms with Crippen molar-refractivity contribution in [3.05, 3.63) is 122 Å². The van der Waals surface area contributed by atoms with Crippen molar-refractivity contribution < 1.29 is 27.6 Å². The number of nitrogens with one attached hydrogen (secondary N) is 1. The van der Waals surface area contributed by atoms with Crippen molar-refractivity contribution in [3.63, 3.8) is 0 Å². The molecule has 3 amide bonds. The van der Waals surface area contributed by atoms with E-state index in [0.29, 0.717) is 21.2 Å². The molecular formula is C37H30F3N3O4S2. The summed E-state index contributed by atoms with van der Waals surface area (Å²) in [5.74, 6) is -3.50. The van der Waals surface area contributed by atoms with Crippen LogP contribution in [0, 0.1) is 5.92 Å². The molecule has 2 aliphatic heterocycles. The molecule has 0 spiro atoms. The molecule has 0 radical (unpaired) electrons. The van der Waals surface area contributed by atoms with Crippen LogP contribution >= 0.6 is 23.1 Å². The molecule has 4 aromatic carbocycles. The lowest BCUT2D eigenvalue weighted by Gasteiger charge is -2.31. The third-order valence-corrected chi connectivity index (χ3v) is 11.6. The Balaban J connectivity index is 1.27. The van der Waals surface area contributed by atoms with E-state index in [9.17, 15) is 32.3 Å². The van der Waals surface area contributed by atoms with E-state index >= 15 is 0 Å². The number of hydrogen-bond donors (Lipinski definition) is 1. The van der Waals surface area contributed by atoms with Gasteiger partial charge in [-0.3, -0.25) is 23.7 Å². The monoisotopic (exact) mass is 701 g/mol. The van der Waals surface area contributed by atoms with E-state index < -0.39 is 51.4 Å². The number of anilines is 2. The highest BCUT2D eigenvalue weighted by atomic mass is 32.2. The summed E-state index contributed by atoms with van der Waals surface area (Å²) < 4.78 is 42.2. The van der Waals surface area contributed by atoms with E-state index in [1.54, 1.807) is 6.07 Å². The summed E-state index contributed by atoms with van der Waals surface area (Å²) in [6.45, 7) is 5.86. The van der Waals surface area contributed by atoms with Crippen molar-refractivity contribution in [2.75, 3.05) is 10.2 Å². The largest absolute Gasteiger partial charge is 0.416 e. The maximum Gasteiger partial charge on any atom is 0.416 e. The van der Waals surface area contributed by atoms with E-state index in [1.165, 1.54) is 16.7 Å². The molecule has 0 saturated carbocycles. The number of imide groups is 1. The Morgan fingerprint density at radius 2 is 1.53 bits per heavy atom. The number of thioether (sulfide) groups is 1. The first-order valence-corrected chi connectivity index (χ1v) is 17.2. The van der Waals surface area contributed by atoms with Crippen LogP contribution in [-0.2, 0) is 32.5 Å². The third-order valence-electron chi connectivity index (χ3n) is 8.95. The van der Waals surface area contributed by atoms with Crippen molar-refractivity contribution >= 4 is 63.0 Å². The number of hydrogen-bond acceptors (Lipinski definition) is 6. The van der Waals surface area contributed by atoms with Gasteiger partial charge in [0.15, 0.2) is 0 Å². The Bertz CT molecular complexity index is 2200. The van der Waals surface area contributed by atoms with E-state index in [2.05, 4.69) is 26.1 Å². The minimum absolute atomic E-state index is 0.166. The number of aromatic nitrogens is 1. The summed E-state index contributed by atoms with van der Waals surface area (Å²) >= 11 is 1.92. The SMILES string of the molecule is CC(C)(C)c1ccc([C@@H]2c3sc(=O)n(CC(=O)Nc4ccc5ccccc5c4)c3S[C@H]3C(=O)N(c4cccc(C(F)(F)F)c4)C(=O)[C@@H]23)cc1. The molecule has 3 heterocycles. The number of thiazole rings is 1. The van der Waals surface area contributed by atoms with Crippen molar-refractivity contribution in [2.45, 2.75) is 55.1 Å². The van der Waals surface area contributed by atoms with Gasteiger partial charge in [0.25, 0.3) is 0 Å². The Labute approximate surface area is 287 Å². The highest BCUT2D eigenvalue weighted by molar-refractivity contribution is 8.00. The van der Waals surface area contributed by atoms with Crippen LogP contribution in [0.25, 0.3) is 10.8 Å². The topological polar surface area (TPSA) is 88.5 Å². The van der Waals surface area contributed by atoms with Crippen molar-refractivity contribution in [1.82, 2.24) is 4.57 Å². The lowest BCUT2D eigenvalue weighted by atomic mass is 9.81. The van der Waals surface area contributed by atoms with E-state index in [1.807, 2.05) is 60.7 Å². The fourth-order valence-electron chi connectivity index (χ4n) is 6.49. The van der Waals surface area contributed by atoms with Gasteiger partial charge < -0.3 is 5.32 Å². The zero-order valence-corrected chi connectivity index (χ0v) is 28.2. The van der Waals surface area contributed by atoms with Gasteiger partial charge >= 0.3 is 11.0 Å². The molecule has 0 aliphatic carbocycles. The van der Waals surface area contributed by atoms with Crippen LogP contribution in [0.4, 0.5) is 24.5 Å². The van der Waals surface area contributed by atoms with Crippen LogP contribution < -0.4 is 15.1 Å². The molecule has 1 aromatic heterocycles. The summed E-state index contributed by atoms with van der Waals surface area (Å²) in [4.78, 5) is 56.0. The summed E-state index contributed by atoms with van der Waals surface area (Å²) in [5.41, 5.74) is 0.962. The number of fused-ring (bicyclic) bond motifs is 3. The van der Waals surface area contributed by atoms with Gasteiger partial charge in [-0.2, -0.15) is 13.2 Å². The number of halogens is 3. The first-order chi connectivity index (χ1) is 23.2. The van der Waals surface area contributed by atoms with Crippen LogP contribution in [0.2, 0.25) is 0 Å². The van der Waals surface area contributed by atoms with Gasteiger partial charge in [-0.05, 0) is 57.6 Å². The molecule has 49 heavy (non-hydrogen) atoms. The highest BCUT2D eigenvalue weighted by Gasteiger charge is 2.57. The summed E-state index contributed by atoms with van der Waals surface area (Å²) in [7, 11) is 0. The second-order valence-electron chi connectivity index (χ2n) is 13.2. The van der Waals surface area contributed by atoms with Gasteiger partial charge in [0.2, 0.25) is 17.7 Å². The first-order valence-electron chi connectivity index (χ1n) is 15.5. The van der Waals surface area contributed by atoms with Crippen LogP contribution in [0.3, 0.4) is 0 Å². The molecule has 250 valence electrons. The Hall–Kier alpha value is -4.68. The number of nitrogens with zero attached hydrogens (tertiary/aromatic N) is 2. The molecule has 7 rings (SSSR count). The van der Waals surface area contributed by atoms with E-state index in [0.717, 1.165) is 56.5 Å². The minimum atomic E-state index is -4.67. The van der Waals surface area contributed by atoms with Crippen molar-refractivity contribution in [1.29, 1.82) is 0 Å². The van der Waals surface area contributed by atoms with E-state index in [-0.39, 0.29) is 17.6 Å². The molecule has 1 saturated heterocycles. The number of amides is 3. The zero-order chi connectivity index (χ0) is 34.8. The summed E-state index contributed by atoms with van der Waals surface area (Å²) in [6, 6.07) is 25.0. The third kappa shape index (κ3) is 5.97. The predicted molar refractivity (Wildman–Crippen MR) is 185 cm³/mol. The van der Waals surface area contributed by atoms with Gasteiger partial charge in [0.05, 0.1) is 22.2 Å². The zero-order valence-electron chi connectivity index (χ0n) is 26.6. The Morgan fingerprint density at radius 3 is 2.22 bits per heavy atom. The summed E-state index contributed by atoms with van der Waals surface area (Å²) in [6.07, 6.45) is -4.67. The predicted octanol–water partition coefficient (Wildman–Crippen LogP) is 7.81. The number of rotatable bonds is 5. The fourth-order valence-corrected chi connectivity index (χ4v) is 9.27. The molecule has 7 nitrogen and oxygen atoms in total. The number of carbonyl (C=O) groups excluding carboxylic acids is 3. The Morgan fingerprint density at radius 1 is 0.816 bits per heavy atom. The normalized spacial score (nSPS) is 19.2. The van der Waals surface area contributed by atoms with Gasteiger partial charge in [-0.1, -0.05) is 105 Å². The summed E-state index contributed by atoms with van der Waals surface area (Å²) in [5, 5.41) is 4.15.